The Morgan fingerprint density at radius 2 is 1.12 bits per heavy atom. The van der Waals surface area contributed by atoms with E-state index in [9.17, 15) is 40.3 Å². The van der Waals surface area contributed by atoms with Gasteiger partial charge in [-0.05, 0) is 12.1 Å². The summed E-state index contributed by atoms with van der Waals surface area (Å²) >= 11 is 0. The van der Waals surface area contributed by atoms with Gasteiger partial charge < -0.3 is 0 Å². The van der Waals surface area contributed by atoms with Crippen LogP contribution in [0.2, 0.25) is 0 Å². The Kier molecular flexibility index (Phi) is 3.59. The number of fused-ring (bicyclic) bond motifs is 1. The molecule has 10 heteroatoms. The van der Waals surface area contributed by atoms with Gasteiger partial charge in [0.1, 0.15) is 11.3 Å². The molecule has 0 N–H and O–H groups in total. The highest BCUT2D eigenvalue weighted by molar-refractivity contribution is 6.34. The average molecular weight is 363 g/mol. The molecule has 0 spiro atoms. The van der Waals surface area contributed by atoms with Crippen molar-refractivity contribution < 1.29 is 40.3 Å². The Morgan fingerprint density at radius 3 is 1.48 bits per heavy atom. The van der Waals surface area contributed by atoms with Crippen LogP contribution in [0.4, 0.5) is 36.4 Å². The summed E-state index contributed by atoms with van der Waals surface area (Å²) in [6, 6.07) is 4.85. The van der Waals surface area contributed by atoms with E-state index in [0.29, 0.717) is 0 Å². The molecule has 0 saturated heterocycles. The summed E-state index contributed by atoms with van der Waals surface area (Å²) in [5.74, 6) is -13.1. The number of hydrogen-bond acceptors (Lipinski definition) is 2. The number of amides is 2. The predicted octanol–water partition coefficient (Wildman–Crippen LogP) is 4.06. The van der Waals surface area contributed by atoms with E-state index in [1.807, 2.05) is 0 Å². The van der Waals surface area contributed by atoms with Crippen LogP contribution in [0.5, 0.6) is 0 Å². The standard InChI is InChI=1S/C15H4F7NO2/c16-8-7(15(20,21)22)9(17)11(19)12(10(8)18)23-13(24)5-3-1-2-4-6(5)14(23)25/h1-4H. The Hall–Kier alpha value is -2.91. The first-order valence-electron chi connectivity index (χ1n) is 6.48. The molecule has 2 amide bonds. The van der Waals surface area contributed by atoms with Crippen LogP contribution in [0.3, 0.4) is 0 Å². The van der Waals surface area contributed by atoms with E-state index in [2.05, 4.69) is 0 Å². The van der Waals surface area contributed by atoms with Gasteiger partial charge in [-0.3, -0.25) is 9.59 Å². The molecule has 0 unspecified atom stereocenters. The first-order chi connectivity index (χ1) is 11.6. The molecule has 3 nitrogen and oxygen atoms in total. The van der Waals surface area contributed by atoms with Gasteiger partial charge in [-0.15, -0.1) is 0 Å². The lowest BCUT2D eigenvalue weighted by atomic mass is 10.1. The van der Waals surface area contributed by atoms with Crippen molar-refractivity contribution in [2.24, 2.45) is 0 Å². The van der Waals surface area contributed by atoms with E-state index in [1.54, 1.807) is 0 Å². The fourth-order valence-corrected chi connectivity index (χ4v) is 2.46. The highest BCUT2D eigenvalue weighted by Gasteiger charge is 2.46. The van der Waals surface area contributed by atoms with Crippen LogP contribution in [0.1, 0.15) is 26.3 Å². The van der Waals surface area contributed by atoms with Crippen LogP contribution in [0.25, 0.3) is 0 Å². The van der Waals surface area contributed by atoms with E-state index in [1.165, 1.54) is 12.1 Å². The van der Waals surface area contributed by atoms with Crippen molar-refractivity contribution in [2.45, 2.75) is 6.18 Å². The van der Waals surface area contributed by atoms with Gasteiger partial charge in [0, 0.05) is 0 Å². The number of rotatable bonds is 1. The molecular weight excluding hydrogens is 359 g/mol. The second-order valence-electron chi connectivity index (χ2n) is 4.97. The molecular formula is C15H4F7NO2. The van der Waals surface area contributed by atoms with Gasteiger partial charge in [-0.1, -0.05) is 12.1 Å². The molecule has 0 atom stereocenters. The lowest BCUT2D eigenvalue weighted by molar-refractivity contribution is -0.143. The lowest BCUT2D eigenvalue weighted by Crippen LogP contribution is -2.32. The van der Waals surface area contributed by atoms with Crippen LogP contribution >= 0.6 is 0 Å². The zero-order valence-corrected chi connectivity index (χ0v) is 11.7. The van der Waals surface area contributed by atoms with Gasteiger partial charge in [0.15, 0.2) is 23.3 Å². The molecule has 0 fully saturated rings. The minimum atomic E-state index is -5.73. The quantitative estimate of drug-likeness (QED) is 0.435. The lowest BCUT2D eigenvalue weighted by Gasteiger charge is -2.19. The number of nitrogens with zero attached hydrogens (tertiary/aromatic N) is 1. The van der Waals surface area contributed by atoms with E-state index in [-0.39, 0.29) is 16.0 Å². The van der Waals surface area contributed by atoms with Crippen molar-refractivity contribution in [1.29, 1.82) is 0 Å². The molecule has 0 aliphatic carbocycles. The third-order valence-corrected chi connectivity index (χ3v) is 3.54. The normalized spacial score (nSPS) is 14.3. The second kappa shape index (κ2) is 5.30. The Bertz CT molecular complexity index is 872. The number of benzene rings is 2. The minimum Gasteiger partial charge on any atom is -0.268 e. The number of imide groups is 1. The summed E-state index contributed by atoms with van der Waals surface area (Å²) in [6.07, 6.45) is -5.73. The van der Waals surface area contributed by atoms with Crippen molar-refractivity contribution in [3.05, 3.63) is 64.2 Å². The molecule has 1 aliphatic heterocycles. The van der Waals surface area contributed by atoms with Crippen LogP contribution in [0.15, 0.2) is 24.3 Å². The predicted molar refractivity (Wildman–Crippen MR) is 68.9 cm³/mol. The van der Waals surface area contributed by atoms with Gasteiger partial charge in [0.2, 0.25) is 0 Å². The van der Waals surface area contributed by atoms with Crippen molar-refractivity contribution in [3.63, 3.8) is 0 Å². The average Bonchev–Trinajstić information content (AvgIpc) is 2.78. The zero-order chi connectivity index (χ0) is 18.7. The van der Waals surface area contributed by atoms with Crippen LogP contribution in [-0.2, 0) is 6.18 Å². The number of halogens is 7. The Balaban J connectivity index is 2.28. The maximum absolute atomic E-state index is 14.0. The van der Waals surface area contributed by atoms with Crippen LogP contribution < -0.4 is 4.90 Å². The minimum absolute atomic E-state index is 0.234. The van der Waals surface area contributed by atoms with Gasteiger partial charge in [0.25, 0.3) is 11.8 Å². The molecule has 0 bridgehead atoms. The molecule has 1 aliphatic rings. The smallest absolute Gasteiger partial charge is 0.268 e. The fraction of sp³-hybridized carbons (Fsp3) is 0.0667. The number of carbonyl (C=O) groups excluding carboxylic acids is 2. The van der Waals surface area contributed by atoms with Crippen molar-refractivity contribution in [1.82, 2.24) is 0 Å². The van der Waals surface area contributed by atoms with E-state index >= 15 is 0 Å². The van der Waals surface area contributed by atoms with E-state index in [0.717, 1.165) is 12.1 Å². The van der Waals surface area contributed by atoms with Crippen molar-refractivity contribution in [3.8, 4) is 0 Å². The molecule has 3 rings (SSSR count). The summed E-state index contributed by atoms with van der Waals surface area (Å²) in [5, 5.41) is 0. The first kappa shape index (κ1) is 16.9. The van der Waals surface area contributed by atoms with Crippen LogP contribution in [-0.4, -0.2) is 11.8 Å². The third kappa shape index (κ3) is 2.28. The molecule has 130 valence electrons. The molecule has 0 radical (unpaired) electrons. The van der Waals surface area contributed by atoms with Gasteiger partial charge in [-0.2, -0.15) is 13.2 Å². The number of alkyl halides is 3. The van der Waals surface area contributed by atoms with E-state index < -0.39 is 52.5 Å². The largest absolute Gasteiger partial charge is 0.422 e. The third-order valence-electron chi connectivity index (χ3n) is 3.54. The first-order valence-corrected chi connectivity index (χ1v) is 6.48. The Morgan fingerprint density at radius 1 is 0.720 bits per heavy atom. The summed E-state index contributed by atoms with van der Waals surface area (Å²) in [7, 11) is 0. The fourth-order valence-electron chi connectivity index (χ4n) is 2.46. The van der Waals surface area contributed by atoms with Crippen molar-refractivity contribution >= 4 is 17.5 Å². The summed E-state index contributed by atoms with van der Waals surface area (Å²) in [6.45, 7) is 0. The molecule has 25 heavy (non-hydrogen) atoms. The molecule has 0 aromatic heterocycles. The summed E-state index contributed by atoms with van der Waals surface area (Å²) in [4.78, 5) is 24.0. The summed E-state index contributed by atoms with van der Waals surface area (Å²) in [5.41, 5.74) is -5.25. The number of anilines is 1. The molecule has 0 saturated carbocycles. The van der Waals surface area contributed by atoms with Crippen molar-refractivity contribution in [2.75, 3.05) is 4.90 Å². The van der Waals surface area contributed by atoms with Gasteiger partial charge >= 0.3 is 6.18 Å². The van der Waals surface area contributed by atoms with Gasteiger partial charge in [-0.25, -0.2) is 22.5 Å². The molecule has 2 aromatic carbocycles. The topological polar surface area (TPSA) is 37.4 Å². The Labute approximate surface area is 134 Å². The number of hydrogen-bond donors (Lipinski definition) is 0. The summed E-state index contributed by atoms with van der Waals surface area (Å²) < 4.78 is 93.2. The highest BCUT2D eigenvalue weighted by atomic mass is 19.4. The molecule has 2 aromatic rings. The zero-order valence-electron chi connectivity index (χ0n) is 11.7. The maximum atomic E-state index is 14.0. The molecule has 1 heterocycles. The van der Waals surface area contributed by atoms with Gasteiger partial charge in [0.05, 0.1) is 11.1 Å². The monoisotopic (exact) mass is 363 g/mol. The SMILES string of the molecule is O=C1c2ccccc2C(=O)N1c1c(F)c(F)c(C(F)(F)F)c(F)c1F. The van der Waals surface area contributed by atoms with E-state index in [4.69, 9.17) is 0 Å². The highest BCUT2D eigenvalue weighted by Crippen LogP contribution is 2.41. The second-order valence-corrected chi connectivity index (χ2v) is 4.97. The number of carbonyl (C=O) groups is 2. The van der Waals surface area contributed by atoms with Crippen LogP contribution in [0, 0.1) is 23.3 Å². The maximum Gasteiger partial charge on any atom is 0.422 e.